The zero-order valence-electron chi connectivity index (χ0n) is 18.4. The van der Waals surface area contributed by atoms with E-state index in [1.807, 2.05) is 31.2 Å². The molecular formula is C28H24ClNO3. The maximum absolute atomic E-state index is 13.3. The molecule has 0 spiro atoms. The summed E-state index contributed by atoms with van der Waals surface area (Å²) in [6.07, 6.45) is 7.63. The number of halogens is 1. The third-order valence-electron chi connectivity index (χ3n) is 6.24. The average Bonchev–Trinajstić information content (AvgIpc) is 2.83. The highest BCUT2D eigenvalue weighted by Gasteiger charge is 2.35. The number of ketones is 1. The van der Waals surface area contributed by atoms with Gasteiger partial charge in [0.1, 0.15) is 6.61 Å². The first kappa shape index (κ1) is 21.4. The summed E-state index contributed by atoms with van der Waals surface area (Å²) in [4.78, 5) is 13.3. The topological polar surface area (TPSA) is 47.6 Å². The van der Waals surface area contributed by atoms with Crippen molar-refractivity contribution in [2.45, 2.75) is 32.2 Å². The number of fused-ring (bicyclic) bond motifs is 4. The van der Waals surface area contributed by atoms with E-state index in [9.17, 15) is 4.79 Å². The fourth-order valence-corrected chi connectivity index (χ4v) is 5.20. The minimum Gasteiger partial charge on any atom is -0.490 e. The van der Waals surface area contributed by atoms with Gasteiger partial charge in [-0.3, -0.25) is 4.79 Å². The number of hydrogen-bond donors (Lipinski definition) is 1. The molecule has 33 heavy (non-hydrogen) atoms. The second-order valence-corrected chi connectivity index (χ2v) is 8.62. The van der Waals surface area contributed by atoms with Crippen molar-refractivity contribution in [3.63, 3.8) is 0 Å². The summed E-state index contributed by atoms with van der Waals surface area (Å²) in [6.45, 7) is 2.44. The van der Waals surface area contributed by atoms with Crippen molar-refractivity contribution >= 4 is 39.4 Å². The summed E-state index contributed by atoms with van der Waals surface area (Å²) >= 11 is 6.61. The predicted octanol–water partition coefficient (Wildman–Crippen LogP) is 6.58. The molecule has 0 unspecified atom stereocenters. The number of ether oxygens (including phenoxy) is 2. The molecule has 0 saturated carbocycles. The molecule has 0 amide bonds. The third kappa shape index (κ3) is 3.73. The van der Waals surface area contributed by atoms with E-state index < -0.39 is 0 Å². The molecule has 0 bridgehead atoms. The Bertz CT molecular complexity index is 1330. The number of terminal acetylenes is 1. The molecule has 0 saturated heterocycles. The number of carbonyl (C=O) groups excluding carboxylic acids is 1. The van der Waals surface area contributed by atoms with Crippen LogP contribution in [0, 0.1) is 12.3 Å². The van der Waals surface area contributed by atoms with Crippen LogP contribution in [0.1, 0.15) is 43.4 Å². The van der Waals surface area contributed by atoms with Crippen molar-refractivity contribution in [1.82, 2.24) is 0 Å². The number of hydrogen-bond acceptors (Lipinski definition) is 4. The molecule has 3 aromatic rings. The number of Topliss-reactive ketones (excluding diaryl/α,β-unsaturated/α-hetero) is 1. The van der Waals surface area contributed by atoms with Crippen LogP contribution in [0.4, 0.5) is 5.69 Å². The van der Waals surface area contributed by atoms with E-state index in [-0.39, 0.29) is 18.4 Å². The largest absolute Gasteiger partial charge is 0.490 e. The van der Waals surface area contributed by atoms with Gasteiger partial charge in [0.05, 0.1) is 17.7 Å². The van der Waals surface area contributed by atoms with Crippen molar-refractivity contribution in [2.24, 2.45) is 0 Å². The van der Waals surface area contributed by atoms with Crippen LogP contribution in [0.2, 0.25) is 5.02 Å². The van der Waals surface area contributed by atoms with Crippen LogP contribution in [0.25, 0.3) is 16.3 Å². The van der Waals surface area contributed by atoms with Crippen molar-refractivity contribution in [1.29, 1.82) is 0 Å². The van der Waals surface area contributed by atoms with Gasteiger partial charge in [-0.1, -0.05) is 47.9 Å². The summed E-state index contributed by atoms with van der Waals surface area (Å²) in [5.74, 6) is 3.58. The van der Waals surface area contributed by atoms with Gasteiger partial charge >= 0.3 is 0 Å². The fourth-order valence-electron chi connectivity index (χ4n) is 4.92. The molecule has 0 fully saturated rings. The minimum atomic E-state index is -0.320. The number of allylic oxidation sites excluding steroid dienone is 1. The summed E-state index contributed by atoms with van der Waals surface area (Å²) in [5, 5.41) is 6.36. The molecule has 166 valence electrons. The molecule has 4 nitrogen and oxygen atoms in total. The van der Waals surface area contributed by atoms with E-state index in [4.69, 9.17) is 27.5 Å². The lowest BCUT2D eigenvalue weighted by atomic mass is 9.77. The summed E-state index contributed by atoms with van der Waals surface area (Å²) in [5.41, 5.74) is 4.97. The summed E-state index contributed by atoms with van der Waals surface area (Å²) in [7, 11) is 0. The minimum absolute atomic E-state index is 0.0923. The molecule has 1 heterocycles. The zero-order valence-corrected chi connectivity index (χ0v) is 19.2. The van der Waals surface area contributed by atoms with Crippen LogP contribution >= 0.6 is 11.6 Å². The SMILES string of the molecule is C#CCOc1c(Cl)cc([C@H]2Nc3ccc4ccccc4c3C3=C2C(=O)CCC3)cc1OCC. The van der Waals surface area contributed by atoms with Crippen LogP contribution in [0.5, 0.6) is 11.5 Å². The van der Waals surface area contributed by atoms with Crippen LogP contribution in [0.15, 0.2) is 54.1 Å². The van der Waals surface area contributed by atoms with E-state index >= 15 is 0 Å². The zero-order chi connectivity index (χ0) is 22.9. The fraction of sp³-hybridized carbons (Fsp3) is 0.250. The van der Waals surface area contributed by atoms with Gasteiger partial charge < -0.3 is 14.8 Å². The third-order valence-corrected chi connectivity index (χ3v) is 6.52. The maximum atomic E-state index is 13.3. The highest BCUT2D eigenvalue weighted by molar-refractivity contribution is 6.32. The van der Waals surface area contributed by atoms with E-state index in [1.165, 1.54) is 0 Å². The Morgan fingerprint density at radius 3 is 2.82 bits per heavy atom. The average molecular weight is 458 g/mol. The molecule has 1 aliphatic heterocycles. The number of benzene rings is 3. The van der Waals surface area contributed by atoms with Gasteiger partial charge in [0.15, 0.2) is 17.3 Å². The predicted molar refractivity (Wildman–Crippen MR) is 133 cm³/mol. The monoisotopic (exact) mass is 457 g/mol. The highest BCUT2D eigenvalue weighted by Crippen LogP contribution is 2.49. The highest BCUT2D eigenvalue weighted by atomic mass is 35.5. The van der Waals surface area contributed by atoms with Gasteiger partial charge in [-0.2, -0.15) is 0 Å². The molecule has 0 radical (unpaired) electrons. The van der Waals surface area contributed by atoms with Crippen LogP contribution in [0.3, 0.4) is 0 Å². The summed E-state index contributed by atoms with van der Waals surface area (Å²) < 4.78 is 11.5. The first-order valence-corrected chi connectivity index (χ1v) is 11.6. The quantitative estimate of drug-likeness (QED) is 0.440. The first-order chi connectivity index (χ1) is 16.1. The molecule has 1 atom stereocenters. The van der Waals surface area contributed by atoms with E-state index in [0.717, 1.165) is 51.6 Å². The van der Waals surface area contributed by atoms with Gasteiger partial charge in [0.2, 0.25) is 0 Å². The van der Waals surface area contributed by atoms with Gasteiger partial charge in [-0.05, 0) is 59.9 Å². The van der Waals surface area contributed by atoms with Gasteiger partial charge in [-0.25, -0.2) is 0 Å². The lowest BCUT2D eigenvalue weighted by Crippen LogP contribution is -2.27. The Morgan fingerprint density at radius 2 is 2.00 bits per heavy atom. The molecular weight excluding hydrogens is 434 g/mol. The molecule has 0 aromatic heterocycles. The van der Waals surface area contributed by atoms with E-state index in [2.05, 4.69) is 35.5 Å². The Labute approximate surface area is 198 Å². The Balaban J connectivity index is 1.69. The lowest BCUT2D eigenvalue weighted by Gasteiger charge is -2.35. The number of carbonyl (C=O) groups is 1. The first-order valence-electron chi connectivity index (χ1n) is 11.2. The second-order valence-electron chi connectivity index (χ2n) is 8.21. The molecule has 3 aromatic carbocycles. The Hall–Kier alpha value is -3.42. The molecule has 5 rings (SSSR count). The lowest BCUT2D eigenvalue weighted by molar-refractivity contribution is -0.116. The number of rotatable bonds is 5. The normalized spacial score (nSPS) is 17.1. The Kier molecular flexibility index (Phi) is 5.74. The van der Waals surface area contributed by atoms with E-state index in [1.54, 1.807) is 0 Å². The molecule has 5 heteroatoms. The van der Waals surface area contributed by atoms with Crippen LogP contribution in [-0.4, -0.2) is 19.0 Å². The standard InChI is InChI=1S/C28H24ClNO3/c1-3-14-33-28-21(29)15-18(16-24(28)32-4-2)27-26-20(10-7-11-23(26)31)25-19-9-6-5-8-17(19)12-13-22(25)30-27/h1,5-6,8-9,12-13,15-16,27,30H,4,7,10-11,14H2,2H3/t27-/m1/s1. The van der Waals surface area contributed by atoms with Crippen molar-refractivity contribution in [2.75, 3.05) is 18.5 Å². The van der Waals surface area contributed by atoms with Crippen molar-refractivity contribution in [3.8, 4) is 23.8 Å². The smallest absolute Gasteiger partial charge is 0.181 e. The van der Waals surface area contributed by atoms with Gasteiger partial charge in [-0.15, -0.1) is 6.42 Å². The number of anilines is 1. The summed E-state index contributed by atoms with van der Waals surface area (Å²) in [6, 6.07) is 16.0. The van der Waals surface area contributed by atoms with Gasteiger partial charge in [0, 0.05) is 23.2 Å². The molecule has 1 N–H and O–H groups in total. The number of nitrogens with one attached hydrogen (secondary N) is 1. The van der Waals surface area contributed by atoms with Crippen molar-refractivity contribution < 1.29 is 14.3 Å². The molecule has 1 aliphatic carbocycles. The molecule has 2 aliphatic rings. The van der Waals surface area contributed by atoms with Gasteiger partial charge in [0.25, 0.3) is 0 Å². The maximum Gasteiger partial charge on any atom is 0.181 e. The van der Waals surface area contributed by atoms with Crippen molar-refractivity contribution in [3.05, 3.63) is 70.3 Å². The second kappa shape index (κ2) is 8.84. The van der Waals surface area contributed by atoms with Crippen LogP contribution in [-0.2, 0) is 4.79 Å². The Morgan fingerprint density at radius 1 is 1.15 bits per heavy atom. The van der Waals surface area contributed by atoms with E-state index in [0.29, 0.717) is 29.5 Å². The van der Waals surface area contributed by atoms with Crippen LogP contribution < -0.4 is 14.8 Å².